The number of primary amides is 1. The number of fused-ring (bicyclic) bond motifs is 1. The van der Waals surface area contributed by atoms with Gasteiger partial charge in [-0.25, -0.2) is 9.48 Å². The normalized spacial score (nSPS) is 14.7. The SMILES string of the molecule is Cc1nn(-c2ccccc2)c(C)c1-c1noc(N)c1C(=O)Oc1ccc2c(c1)CCC2C(N)=O. The van der Waals surface area contributed by atoms with Crippen LogP contribution < -0.4 is 16.2 Å². The highest BCUT2D eigenvalue weighted by molar-refractivity contribution is 6.01. The fourth-order valence-corrected chi connectivity index (χ4v) is 4.59. The molecule has 0 bridgehead atoms. The zero-order chi connectivity index (χ0) is 24.0. The Bertz CT molecular complexity index is 1420. The number of nitrogens with zero attached hydrogens (tertiary/aromatic N) is 3. The topological polar surface area (TPSA) is 139 Å². The lowest BCUT2D eigenvalue weighted by Crippen LogP contribution is -2.19. The van der Waals surface area contributed by atoms with E-state index in [1.54, 1.807) is 22.9 Å². The molecule has 34 heavy (non-hydrogen) atoms. The first kappa shape index (κ1) is 21.4. The van der Waals surface area contributed by atoms with Crippen LogP contribution in [0.1, 0.15) is 45.2 Å². The maximum absolute atomic E-state index is 13.2. The van der Waals surface area contributed by atoms with Gasteiger partial charge in [-0.05, 0) is 62.1 Å². The summed E-state index contributed by atoms with van der Waals surface area (Å²) in [6, 6.07) is 14.8. The molecule has 1 aliphatic rings. The molecule has 4 aromatic rings. The highest BCUT2D eigenvalue weighted by Crippen LogP contribution is 2.37. The highest BCUT2D eigenvalue weighted by atomic mass is 16.5. The summed E-state index contributed by atoms with van der Waals surface area (Å²) < 4.78 is 12.6. The van der Waals surface area contributed by atoms with Gasteiger partial charge < -0.3 is 20.7 Å². The van der Waals surface area contributed by atoms with E-state index in [-0.39, 0.29) is 29.0 Å². The Morgan fingerprint density at radius 3 is 2.65 bits per heavy atom. The lowest BCUT2D eigenvalue weighted by atomic mass is 10.0. The third-order valence-electron chi connectivity index (χ3n) is 6.20. The standard InChI is InChI=1S/C25H23N5O4/c1-13-20(14(2)30(28-13)16-6-4-3-5-7-16)22-21(24(27)34-29-22)25(32)33-17-9-11-18-15(12-17)8-10-19(18)23(26)31/h3-7,9,11-12,19H,8,10,27H2,1-2H3,(H2,26,31). The second-order valence-corrected chi connectivity index (χ2v) is 8.31. The van der Waals surface area contributed by atoms with Gasteiger partial charge in [0, 0.05) is 5.56 Å². The number of rotatable bonds is 5. The van der Waals surface area contributed by atoms with Crippen LogP contribution in [0, 0.1) is 13.8 Å². The van der Waals surface area contributed by atoms with E-state index in [0.717, 1.165) is 22.5 Å². The fraction of sp³-hybridized carbons (Fsp3) is 0.200. The number of para-hydroxylation sites is 1. The number of aryl methyl sites for hydroxylation is 2. The number of nitrogen functional groups attached to an aromatic ring is 1. The van der Waals surface area contributed by atoms with E-state index in [4.69, 9.17) is 20.7 Å². The van der Waals surface area contributed by atoms with E-state index < -0.39 is 5.97 Å². The van der Waals surface area contributed by atoms with Crippen molar-refractivity contribution in [2.24, 2.45) is 5.73 Å². The summed E-state index contributed by atoms with van der Waals surface area (Å²) in [5, 5.41) is 8.67. The van der Waals surface area contributed by atoms with Gasteiger partial charge in [0.15, 0.2) is 5.56 Å². The third-order valence-corrected chi connectivity index (χ3v) is 6.20. The number of hydrogen-bond acceptors (Lipinski definition) is 7. The van der Waals surface area contributed by atoms with Crippen LogP contribution in [-0.2, 0) is 11.2 Å². The van der Waals surface area contributed by atoms with Crippen LogP contribution in [0.2, 0.25) is 0 Å². The fourth-order valence-electron chi connectivity index (χ4n) is 4.59. The first-order valence-electron chi connectivity index (χ1n) is 10.9. The Kier molecular flexibility index (Phi) is 5.16. The smallest absolute Gasteiger partial charge is 0.351 e. The number of anilines is 1. The molecular weight excluding hydrogens is 434 g/mol. The van der Waals surface area contributed by atoms with Crippen LogP contribution in [-0.4, -0.2) is 26.8 Å². The highest BCUT2D eigenvalue weighted by Gasteiger charge is 2.30. The van der Waals surface area contributed by atoms with Crippen LogP contribution in [0.25, 0.3) is 16.9 Å². The minimum atomic E-state index is -0.690. The lowest BCUT2D eigenvalue weighted by Gasteiger charge is -2.09. The van der Waals surface area contributed by atoms with E-state index >= 15 is 0 Å². The average molecular weight is 457 g/mol. The van der Waals surface area contributed by atoms with Crippen molar-refractivity contribution in [3.05, 3.63) is 76.6 Å². The largest absolute Gasteiger partial charge is 0.423 e. The second kappa shape index (κ2) is 8.18. The number of hydrogen-bond donors (Lipinski definition) is 2. The molecule has 9 nitrogen and oxygen atoms in total. The maximum atomic E-state index is 13.2. The number of esters is 1. The predicted octanol–water partition coefficient (Wildman–Crippen LogP) is 3.46. The molecule has 0 saturated heterocycles. The molecule has 5 rings (SSSR count). The molecule has 0 spiro atoms. The second-order valence-electron chi connectivity index (χ2n) is 8.31. The van der Waals surface area contributed by atoms with Gasteiger partial charge >= 0.3 is 5.97 Å². The molecule has 9 heteroatoms. The Hall–Kier alpha value is -4.40. The Labute approximate surface area is 195 Å². The summed E-state index contributed by atoms with van der Waals surface area (Å²) >= 11 is 0. The van der Waals surface area contributed by atoms with E-state index in [1.165, 1.54) is 0 Å². The molecule has 0 saturated carbocycles. The van der Waals surface area contributed by atoms with Crippen molar-refractivity contribution in [3.8, 4) is 22.7 Å². The molecule has 2 heterocycles. The van der Waals surface area contributed by atoms with Crippen LogP contribution >= 0.6 is 0 Å². The first-order chi connectivity index (χ1) is 16.3. The molecule has 0 fully saturated rings. The number of aromatic nitrogens is 3. The molecule has 1 aliphatic carbocycles. The average Bonchev–Trinajstić information content (AvgIpc) is 3.49. The van der Waals surface area contributed by atoms with Crippen molar-refractivity contribution in [1.29, 1.82) is 0 Å². The quantitative estimate of drug-likeness (QED) is 0.345. The van der Waals surface area contributed by atoms with Crippen molar-refractivity contribution in [2.45, 2.75) is 32.6 Å². The molecule has 1 atom stereocenters. The van der Waals surface area contributed by atoms with Crippen LogP contribution in [0.3, 0.4) is 0 Å². The van der Waals surface area contributed by atoms with Crippen molar-refractivity contribution < 1.29 is 18.8 Å². The molecule has 1 unspecified atom stereocenters. The van der Waals surface area contributed by atoms with Gasteiger partial charge in [-0.3, -0.25) is 4.79 Å². The molecule has 1 amide bonds. The zero-order valence-corrected chi connectivity index (χ0v) is 18.7. The monoisotopic (exact) mass is 457 g/mol. The summed E-state index contributed by atoms with van der Waals surface area (Å²) in [4.78, 5) is 24.8. The van der Waals surface area contributed by atoms with Crippen LogP contribution in [0.4, 0.5) is 5.88 Å². The maximum Gasteiger partial charge on any atom is 0.351 e. The van der Waals surface area contributed by atoms with Crippen LogP contribution in [0.5, 0.6) is 5.75 Å². The summed E-state index contributed by atoms with van der Waals surface area (Å²) in [7, 11) is 0. The van der Waals surface area contributed by atoms with Crippen molar-refractivity contribution in [1.82, 2.24) is 14.9 Å². The summed E-state index contributed by atoms with van der Waals surface area (Å²) in [6.07, 6.45) is 1.33. The zero-order valence-electron chi connectivity index (χ0n) is 18.7. The van der Waals surface area contributed by atoms with Gasteiger partial charge in [0.1, 0.15) is 11.4 Å². The van der Waals surface area contributed by atoms with Gasteiger partial charge in [0.25, 0.3) is 0 Å². The van der Waals surface area contributed by atoms with Gasteiger partial charge in [-0.2, -0.15) is 5.10 Å². The minimum absolute atomic E-state index is 0.0364. The van der Waals surface area contributed by atoms with Crippen LogP contribution in [0.15, 0.2) is 53.1 Å². The Morgan fingerprint density at radius 1 is 1.15 bits per heavy atom. The number of carbonyl (C=O) groups is 2. The van der Waals surface area contributed by atoms with E-state index in [1.807, 2.05) is 44.2 Å². The van der Waals surface area contributed by atoms with Gasteiger partial charge in [-0.15, -0.1) is 0 Å². The molecule has 2 aromatic heterocycles. The van der Waals surface area contributed by atoms with Gasteiger partial charge in [-0.1, -0.05) is 29.4 Å². The molecule has 172 valence electrons. The first-order valence-corrected chi connectivity index (χ1v) is 10.9. The molecule has 2 aromatic carbocycles. The van der Waals surface area contributed by atoms with Crippen molar-refractivity contribution in [2.75, 3.05) is 5.73 Å². The van der Waals surface area contributed by atoms with Crippen molar-refractivity contribution >= 4 is 17.8 Å². The molecule has 4 N–H and O–H groups in total. The summed E-state index contributed by atoms with van der Waals surface area (Å²) in [6.45, 7) is 3.72. The number of carbonyl (C=O) groups excluding carboxylic acids is 2. The lowest BCUT2D eigenvalue weighted by molar-refractivity contribution is -0.119. The number of ether oxygens (including phenoxy) is 1. The predicted molar refractivity (Wildman–Crippen MR) is 125 cm³/mol. The molecular formula is C25H23N5O4. The van der Waals surface area contributed by atoms with E-state index in [0.29, 0.717) is 29.8 Å². The minimum Gasteiger partial charge on any atom is -0.423 e. The van der Waals surface area contributed by atoms with E-state index in [9.17, 15) is 9.59 Å². The van der Waals surface area contributed by atoms with Gasteiger partial charge in [0.2, 0.25) is 11.8 Å². The molecule has 0 radical (unpaired) electrons. The summed E-state index contributed by atoms with van der Waals surface area (Å²) in [5.74, 6) is -1.15. The summed E-state index contributed by atoms with van der Waals surface area (Å²) in [5.41, 5.74) is 16.6. The third kappa shape index (κ3) is 3.51. The number of nitrogens with two attached hydrogens (primary N) is 2. The van der Waals surface area contributed by atoms with E-state index in [2.05, 4.69) is 10.3 Å². The Morgan fingerprint density at radius 2 is 1.91 bits per heavy atom. The van der Waals surface area contributed by atoms with Gasteiger partial charge in [0.05, 0.1) is 23.0 Å². The Balaban J connectivity index is 1.48. The number of benzene rings is 2. The number of amides is 1. The molecule has 0 aliphatic heterocycles. The van der Waals surface area contributed by atoms with Crippen molar-refractivity contribution in [3.63, 3.8) is 0 Å².